The number of piperazine rings is 1. The standard InChI is InChI=1S/C18H24N4O3S/c23-16(13-1-2-13)21-6-3-18(4-7-21)14-11-20(12-15-19-5-10-26-15)8-9-22(14)17(24)25-18/h5,10,13-14H,1-4,6-9,11-12H2. The van der Waals surface area contributed by atoms with Crippen LogP contribution in [0.4, 0.5) is 4.79 Å². The number of fused-ring (bicyclic) bond motifs is 2. The van der Waals surface area contributed by atoms with Crippen LogP contribution >= 0.6 is 11.3 Å². The summed E-state index contributed by atoms with van der Waals surface area (Å²) in [6.07, 6.45) is 5.25. The minimum absolute atomic E-state index is 0.0851. The van der Waals surface area contributed by atoms with Gasteiger partial charge in [-0.25, -0.2) is 9.78 Å². The van der Waals surface area contributed by atoms with Gasteiger partial charge in [-0.2, -0.15) is 0 Å². The number of hydrogen-bond donors (Lipinski definition) is 0. The van der Waals surface area contributed by atoms with Crippen molar-refractivity contribution in [2.75, 3.05) is 32.7 Å². The average Bonchev–Trinajstić information content (AvgIpc) is 3.32. The molecule has 1 saturated carbocycles. The highest BCUT2D eigenvalue weighted by atomic mass is 32.1. The summed E-state index contributed by atoms with van der Waals surface area (Å²) in [6, 6.07) is 0.0851. The first-order chi connectivity index (χ1) is 12.6. The number of nitrogens with zero attached hydrogens (tertiary/aromatic N) is 4. The molecule has 26 heavy (non-hydrogen) atoms. The van der Waals surface area contributed by atoms with Crippen molar-refractivity contribution in [3.8, 4) is 0 Å². The van der Waals surface area contributed by atoms with Gasteiger partial charge in [-0.05, 0) is 12.8 Å². The lowest BCUT2D eigenvalue weighted by Crippen LogP contribution is -2.60. The lowest BCUT2D eigenvalue weighted by Gasteiger charge is -2.45. The SMILES string of the molecule is O=C(C1CC1)N1CCC2(CC1)OC(=O)N1CCN(Cc3nccs3)CC12. The molecule has 3 aliphatic heterocycles. The molecule has 7 nitrogen and oxygen atoms in total. The lowest BCUT2D eigenvalue weighted by atomic mass is 9.83. The van der Waals surface area contributed by atoms with Crippen molar-refractivity contribution in [3.05, 3.63) is 16.6 Å². The van der Waals surface area contributed by atoms with E-state index in [1.807, 2.05) is 21.4 Å². The van der Waals surface area contributed by atoms with Crippen LogP contribution in [0, 0.1) is 5.92 Å². The number of rotatable bonds is 3. The van der Waals surface area contributed by atoms with Gasteiger partial charge >= 0.3 is 6.09 Å². The van der Waals surface area contributed by atoms with Gasteiger partial charge < -0.3 is 9.64 Å². The Bertz CT molecular complexity index is 697. The molecule has 1 atom stereocenters. The molecule has 1 aromatic heterocycles. The van der Waals surface area contributed by atoms with E-state index in [-0.39, 0.29) is 18.1 Å². The van der Waals surface area contributed by atoms with E-state index in [0.717, 1.165) is 50.3 Å². The number of ether oxygens (including phenoxy) is 1. The third kappa shape index (κ3) is 2.79. The second-order valence-corrected chi connectivity index (χ2v) is 8.88. The summed E-state index contributed by atoms with van der Waals surface area (Å²) in [5, 5.41) is 3.12. The summed E-state index contributed by atoms with van der Waals surface area (Å²) in [7, 11) is 0. The number of likely N-dealkylation sites (tertiary alicyclic amines) is 1. The summed E-state index contributed by atoms with van der Waals surface area (Å²) in [4.78, 5) is 35.4. The molecule has 3 saturated heterocycles. The molecular weight excluding hydrogens is 352 g/mol. The second-order valence-electron chi connectivity index (χ2n) is 7.90. The monoisotopic (exact) mass is 376 g/mol. The van der Waals surface area contributed by atoms with Crippen LogP contribution in [0.5, 0.6) is 0 Å². The zero-order valence-electron chi connectivity index (χ0n) is 14.8. The topological polar surface area (TPSA) is 66.0 Å². The number of carbonyl (C=O) groups is 2. The van der Waals surface area contributed by atoms with Gasteiger partial charge in [-0.1, -0.05) is 0 Å². The number of thiazole rings is 1. The molecule has 0 radical (unpaired) electrons. The van der Waals surface area contributed by atoms with Crippen molar-refractivity contribution in [2.45, 2.75) is 43.9 Å². The van der Waals surface area contributed by atoms with Crippen molar-refractivity contribution < 1.29 is 14.3 Å². The minimum atomic E-state index is -0.432. The second kappa shape index (κ2) is 6.20. The molecule has 2 amide bonds. The van der Waals surface area contributed by atoms with E-state index in [4.69, 9.17) is 4.74 Å². The largest absolute Gasteiger partial charge is 0.440 e. The maximum atomic E-state index is 12.4. The smallest absolute Gasteiger partial charge is 0.410 e. The highest BCUT2D eigenvalue weighted by molar-refractivity contribution is 7.09. The van der Waals surface area contributed by atoms with Gasteiger partial charge in [-0.15, -0.1) is 11.3 Å². The number of piperidine rings is 1. The lowest BCUT2D eigenvalue weighted by molar-refractivity contribution is -0.136. The first-order valence-corrected chi connectivity index (χ1v) is 10.4. The Morgan fingerprint density at radius 1 is 1.27 bits per heavy atom. The van der Waals surface area contributed by atoms with E-state index in [1.165, 1.54) is 0 Å². The number of hydrogen-bond acceptors (Lipinski definition) is 6. The molecule has 1 spiro atoms. The van der Waals surface area contributed by atoms with Gasteiger partial charge in [0.15, 0.2) is 0 Å². The fourth-order valence-corrected chi connectivity index (χ4v) is 5.26. The minimum Gasteiger partial charge on any atom is -0.440 e. The molecule has 0 bridgehead atoms. The summed E-state index contributed by atoms with van der Waals surface area (Å²) >= 11 is 1.67. The molecule has 4 fully saturated rings. The van der Waals surface area contributed by atoms with Crippen LogP contribution in [0.15, 0.2) is 11.6 Å². The molecule has 8 heteroatoms. The Hall–Kier alpha value is -1.67. The summed E-state index contributed by atoms with van der Waals surface area (Å²) in [6.45, 7) is 4.63. The van der Waals surface area contributed by atoms with Gasteiger partial charge in [0.05, 0.1) is 12.6 Å². The van der Waals surface area contributed by atoms with E-state index >= 15 is 0 Å². The van der Waals surface area contributed by atoms with E-state index in [9.17, 15) is 9.59 Å². The molecule has 5 rings (SSSR count). The van der Waals surface area contributed by atoms with Crippen molar-refractivity contribution >= 4 is 23.3 Å². The zero-order chi connectivity index (χ0) is 17.7. The molecule has 0 aromatic carbocycles. The summed E-state index contributed by atoms with van der Waals surface area (Å²) in [5.41, 5.74) is -0.432. The van der Waals surface area contributed by atoms with Crippen LogP contribution in [-0.4, -0.2) is 76.1 Å². The Morgan fingerprint density at radius 2 is 2.08 bits per heavy atom. The third-order valence-electron chi connectivity index (χ3n) is 6.29. The maximum Gasteiger partial charge on any atom is 0.410 e. The van der Waals surface area contributed by atoms with Crippen LogP contribution in [0.25, 0.3) is 0 Å². The first kappa shape index (κ1) is 16.5. The maximum absolute atomic E-state index is 12.4. The van der Waals surface area contributed by atoms with E-state index in [1.54, 1.807) is 11.3 Å². The predicted molar refractivity (Wildman–Crippen MR) is 95.6 cm³/mol. The Morgan fingerprint density at radius 3 is 2.77 bits per heavy atom. The van der Waals surface area contributed by atoms with Gasteiger partial charge in [0.2, 0.25) is 5.91 Å². The van der Waals surface area contributed by atoms with Gasteiger partial charge in [0.25, 0.3) is 0 Å². The molecule has 140 valence electrons. The van der Waals surface area contributed by atoms with Crippen LogP contribution in [-0.2, 0) is 16.1 Å². The Labute approximate surface area is 156 Å². The van der Waals surface area contributed by atoms with E-state index in [0.29, 0.717) is 25.5 Å². The van der Waals surface area contributed by atoms with Gasteiger partial charge in [0, 0.05) is 63.1 Å². The van der Waals surface area contributed by atoms with E-state index in [2.05, 4.69) is 9.88 Å². The van der Waals surface area contributed by atoms with Crippen molar-refractivity contribution in [1.29, 1.82) is 0 Å². The summed E-state index contributed by atoms with van der Waals surface area (Å²) in [5.74, 6) is 0.560. The quantitative estimate of drug-likeness (QED) is 0.801. The summed E-state index contributed by atoms with van der Waals surface area (Å²) < 4.78 is 5.93. The number of amides is 2. The Kier molecular flexibility index (Phi) is 3.93. The molecule has 1 aromatic rings. The first-order valence-electron chi connectivity index (χ1n) is 9.54. The fourth-order valence-electron chi connectivity index (χ4n) is 4.60. The molecule has 4 heterocycles. The van der Waals surface area contributed by atoms with Gasteiger partial charge in [-0.3, -0.25) is 14.6 Å². The Balaban J connectivity index is 1.28. The van der Waals surface area contributed by atoms with Gasteiger partial charge in [0.1, 0.15) is 10.6 Å². The van der Waals surface area contributed by atoms with Crippen LogP contribution in [0.1, 0.15) is 30.7 Å². The van der Waals surface area contributed by atoms with E-state index < -0.39 is 5.60 Å². The molecule has 1 aliphatic carbocycles. The van der Waals surface area contributed by atoms with Crippen LogP contribution < -0.4 is 0 Å². The molecular formula is C18H24N4O3S. The predicted octanol–water partition coefficient (Wildman–Crippen LogP) is 1.55. The fraction of sp³-hybridized carbons (Fsp3) is 0.722. The van der Waals surface area contributed by atoms with Crippen LogP contribution in [0.3, 0.4) is 0 Å². The van der Waals surface area contributed by atoms with Crippen molar-refractivity contribution in [2.24, 2.45) is 5.92 Å². The molecule has 4 aliphatic rings. The van der Waals surface area contributed by atoms with Crippen molar-refractivity contribution in [1.82, 2.24) is 19.7 Å². The average molecular weight is 376 g/mol. The van der Waals surface area contributed by atoms with Crippen molar-refractivity contribution in [3.63, 3.8) is 0 Å². The zero-order valence-corrected chi connectivity index (χ0v) is 15.6. The van der Waals surface area contributed by atoms with Crippen LogP contribution in [0.2, 0.25) is 0 Å². The number of carbonyl (C=O) groups excluding carboxylic acids is 2. The highest BCUT2D eigenvalue weighted by Gasteiger charge is 2.57. The normalized spacial score (nSPS) is 28.3. The third-order valence-corrected chi connectivity index (χ3v) is 7.05. The molecule has 1 unspecified atom stereocenters. The molecule has 0 N–H and O–H groups in total. The number of aromatic nitrogens is 1. The highest BCUT2D eigenvalue weighted by Crippen LogP contribution is 2.41.